The van der Waals surface area contributed by atoms with E-state index in [0.717, 1.165) is 31.6 Å². The number of carbonyl (C=O) groups excluding carboxylic acids is 1. The van der Waals surface area contributed by atoms with E-state index in [-0.39, 0.29) is 12.1 Å². The van der Waals surface area contributed by atoms with Gasteiger partial charge in [0.15, 0.2) is 0 Å². The number of esters is 1. The number of hydrogen-bond donors (Lipinski definition) is 0. The molecule has 0 aliphatic heterocycles. The fourth-order valence-electron chi connectivity index (χ4n) is 3.03. The number of ether oxygens (including phenoxy) is 1. The minimum absolute atomic E-state index is 0.0369. The van der Waals surface area contributed by atoms with E-state index in [4.69, 9.17) is 9.26 Å². The van der Waals surface area contributed by atoms with Crippen LogP contribution in [-0.2, 0) is 4.74 Å². The predicted molar refractivity (Wildman–Crippen MR) is 76.6 cm³/mol. The van der Waals surface area contributed by atoms with Gasteiger partial charge in [0.2, 0.25) is 0 Å². The van der Waals surface area contributed by atoms with Crippen LogP contribution in [0.3, 0.4) is 0 Å². The van der Waals surface area contributed by atoms with Gasteiger partial charge in [-0.05, 0) is 50.9 Å². The highest BCUT2D eigenvalue weighted by molar-refractivity contribution is 5.91. The van der Waals surface area contributed by atoms with Crippen molar-refractivity contribution in [2.45, 2.75) is 66.4 Å². The van der Waals surface area contributed by atoms with E-state index >= 15 is 0 Å². The van der Waals surface area contributed by atoms with Crippen molar-refractivity contribution in [2.24, 2.45) is 11.3 Å². The highest BCUT2D eigenvalue weighted by Gasteiger charge is 2.32. The zero-order valence-electron chi connectivity index (χ0n) is 13.2. The summed E-state index contributed by atoms with van der Waals surface area (Å²) in [5, 5.41) is 3.80. The largest absolute Gasteiger partial charge is 0.459 e. The van der Waals surface area contributed by atoms with Gasteiger partial charge in [-0.25, -0.2) is 4.79 Å². The molecule has 1 fully saturated rings. The average Bonchev–Trinajstić information content (AvgIpc) is 2.68. The fourth-order valence-corrected chi connectivity index (χ4v) is 3.03. The first kappa shape index (κ1) is 15.1. The van der Waals surface area contributed by atoms with Gasteiger partial charge in [0.25, 0.3) is 0 Å². The van der Waals surface area contributed by atoms with E-state index < -0.39 is 0 Å². The molecule has 112 valence electrons. The standard InChI is InChI=1S/C16H25NO3/c1-10-14(11(2)20-17-10)15(18)19-13-8-6-12(7-9-13)16(3,4)5/h12-13H,6-9H2,1-5H3. The maximum Gasteiger partial charge on any atom is 0.343 e. The summed E-state index contributed by atoms with van der Waals surface area (Å²) in [6.07, 6.45) is 4.20. The van der Waals surface area contributed by atoms with E-state index in [1.165, 1.54) is 0 Å². The molecule has 0 spiro atoms. The quantitative estimate of drug-likeness (QED) is 0.766. The maximum absolute atomic E-state index is 12.2. The number of aromatic nitrogens is 1. The van der Waals surface area contributed by atoms with Crippen molar-refractivity contribution in [3.63, 3.8) is 0 Å². The SMILES string of the molecule is Cc1noc(C)c1C(=O)OC1CCC(C(C)(C)C)CC1. The van der Waals surface area contributed by atoms with Gasteiger partial charge >= 0.3 is 5.97 Å². The highest BCUT2D eigenvalue weighted by Crippen LogP contribution is 2.38. The summed E-state index contributed by atoms with van der Waals surface area (Å²) in [7, 11) is 0. The molecule has 1 saturated carbocycles. The Morgan fingerprint density at radius 2 is 1.80 bits per heavy atom. The molecule has 0 amide bonds. The first-order valence-corrected chi connectivity index (χ1v) is 7.43. The van der Waals surface area contributed by atoms with E-state index in [9.17, 15) is 4.79 Å². The van der Waals surface area contributed by atoms with Gasteiger partial charge in [-0.1, -0.05) is 25.9 Å². The number of hydrogen-bond acceptors (Lipinski definition) is 4. The molecule has 0 atom stereocenters. The van der Waals surface area contributed by atoms with Crippen LogP contribution >= 0.6 is 0 Å². The van der Waals surface area contributed by atoms with Gasteiger partial charge < -0.3 is 9.26 Å². The molecule has 0 unspecified atom stereocenters. The third-order valence-electron chi connectivity index (χ3n) is 4.41. The molecule has 1 aliphatic rings. The molecule has 4 heteroatoms. The van der Waals surface area contributed by atoms with E-state index in [0.29, 0.717) is 22.4 Å². The number of carbonyl (C=O) groups is 1. The van der Waals surface area contributed by atoms with Crippen LogP contribution in [-0.4, -0.2) is 17.2 Å². The van der Waals surface area contributed by atoms with Crippen LogP contribution in [0.25, 0.3) is 0 Å². The van der Waals surface area contributed by atoms with Crippen molar-refractivity contribution < 1.29 is 14.1 Å². The summed E-state index contributed by atoms with van der Waals surface area (Å²) in [5.74, 6) is 0.966. The molecule has 1 aromatic heterocycles. The van der Waals surface area contributed by atoms with E-state index in [2.05, 4.69) is 25.9 Å². The van der Waals surface area contributed by atoms with Crippen LogP contribution < -0.4 is 0 Å². The van der Waals surface area contributed by atoms with E-state index in [1.54, 1.807) is 13.8 Å². The lowest BCUT2D eigenvalue weighted by Crippen LogP contribution is -2.30. The third-order valence-corrected chi connectivity index (χ3v) is 4.41. The van der Waals surface area contributed by atoms with Crippen molar-refractivity contribution in [2.75, 3.05) is 0 Å². The molecule has 0 bridgehead atoms. The summed E-state index contributed by atoms with van der Waals surface area (Å²) in [6, 6.07) is 0. The van der Waals surface area contributed by atoms with Crippen molar-refractivity contribution in [1.29, 1.82) is 0 Å². The smallest absolute Gasteiger partial charge is 0.343 e. The van der Waals surface area contributed by atoms with Gasteiger partial charge in [-0.15, -0.1) is 0 Å². The maximum atomic E-state index is 12.2. The lowest BCUT2D eigenvalue weighted by Gasteiger charge is -2.36. The highest BCUT2D eigenvalue weighted by atomic mass is 16.5. The van der Waals surface area contributed by atoms with E-state index in [1.807, 2.05) is 0 Å². The second kappa shape index (κ2) is 5.58. The van der Waals surface area contributed by atoms with Gasteiger partial charge in [-0.2, -0.15) is 0 Å². The van der Waals surface area contributed by atoms with Gasteiger partial charge in [0.1, 0.15) is 17.4 Å². The van der Waals surface area contributed by atoms with Crippen LogP contribution in [0.2, 0.25) is 0 Å². The van der Waals surface area contributed by atoms with Gasteiger partial charge in [0.05, 0.1) is 5.69 Å². The molecule has 0 saturated heterocycles. The van der Waals surface area contributed by atoms with Gasteiger partial charge in [0, 0.05) is 0 Å². The molecule has 0 N–H and O–H groups in total. The third kappa shape index (κ3) is 3.22. The molecule has 1 aromatic rings. The first-order chi connectivity index (χ1) is 9.29. The second-order valence-corrected chi connectivity index (χ2v) is 6.94. The predicted octanol–water partition coefficient (Wildman–Crippen LogP) is 4.05. The molecule has 0 radical (unpaired) electrons. The fraction of sp³-hybridized carbons (Fsp3) is 0.750. The molecule has 1 heterocycles. The number of nitrogens with zero attached hydrogens (tertiary/aromatic N) is 1. The summed E-state index contributed by atoms with van der Waals surface area (Å²) >= 11 is 0. The zero-order chi connectivity index (χ0) is 14.9. The minimum Gasteiger partial charge on any atom is -0.459 e. The summed E-state index contributed by atoms with van der Waals surface area (Å²) in [5.41, 5.74) is 1.44. The monoisotopic (exact) mass is 279 g/mol. The molecule has 20 heavy (non-hydrogen) atoms. The minimum atomic E-state index is -0.291. The van der Waals surface area contributed by atoms with Crippen LogP contribution in [0.1, 0.15) is 68.3 Å². The topological polar surface area (TPSA) is 52.3 Å². The van der Waals surface area contributed by atoms with Crippen LogP contribution in [0.4, 0.5) is 0 Å². The zero-order valence-corrected chi connectivity index (χ0v) is 13.2. The molecule has 4 nitrogen and oxygen atoms in total. The number of rotatable bonds is 2. The molecule has 2 rings (SSSR count). The lowest BCUT2D eigenvalue weighted by atomic mass is 9.72. The Labute approximate surface area is 120 Å². The van der Waals surface area contributed by atoms with Crippen LogP contribution in [0, 0.1) is 25.2 Å². The molecular weight excluding hydrogens is 254 g/mol. The Bertz CT molecular complexity index is 457. The second-order valence-electron chi connectivity index (χ2n) is 6.94. The Morgan fingerprint density at radius 1 is 1.20 bits per heavy atom. The Balaban J connectivity index is 1.92. The average molecular weight is 279 g/mol. The van der Waals surface area contributed by atoms with Crippen LogP contribution in [0.5, 0.6) is 0 Å². The Morgan fingerprint density at radius 3 is 2.25 bits per heavy atom. The van der Waals surface area contributed by atoms with Gasteiger partial charge in [-0.3, -0.25) is 0 Å². The Kier molecular flexibility index (Phi) is 4.21. The molecule has 1 aliphatic carbocycles. The van der Waals surface area contributed by atoms with Crippen LogP contribution in [0.15, 0.2) is 4.52 Å². The molecular formula is C16H25NO3. The van der Waals surface area contributed by atoms with Crippen molar-refractivity contribution in [1.82, 2.24) is 5.16 Å². The van der Waals surface area contributed by atoms with Crippen molar-refractivity contribution in [3.8, 4) is 0 Å². The summed E-state index contributed by atoms with van der Waals surface area (Å²) < 4.78 is 10.6. The molecule has 0 aromatic carbocycles. The lowest BCUT2D eigenvalue weighted by molar-refractivity contribution is 0.00908. The summed E-state index contributed by atoms with van der Waals surface area (Å²) in [6.45, 7) is 10.4. The van der Waals surface area contributed by atoms with Crippen molar-refractivity contribution >= 4 is 5.97 Å². The first-order valence-electron chi connectivity index (χ1n) is 7.43. The normalized spacial score (nSPS) is 23.6. The number of aryl methyl sites for hydroxylation is 2. The summed E-state index contributed by atoms with van der Waals surface area (Å²) in [4.78, 5) is 12.2. The van der Waals surface area contributed by atoms with Crippen molar-refractivity contribution in [3.05, 3.63) is 17.0 Å². The Hall–Kier alpha value is -1.32.